The molecule has 0 aliphatic carbocycles. The molecule has 0 fully saturated rings. The van der Waals surface area contributed by atoms with Gasteiger partial charge >= 0.3 is 5.97 Å². The molecule has 0 amide bonds. The van der Waals surface area contributed by atoms with E-state index in [-0.39, 0.29) is 26.7 Å². The van der Waals surface area contributed by atoms with Crippen LogP contribution >= 0.6 is 23.2 Å². The molecule has 7 nitrogen and oxygen atoms in total. The molecule has 1 N–H and O–H groups in total. The van der Waals surface area contributed by atoms with Gasteiger partial charge in [0.25, 0.3) is 0 Å². The minimum Gasteiger partial charge on any atom is -0.477 e. The summed E-state index contributed by atoms with van der Waals surface area (Å²) in [4.78, 5) is 29.4. The number of aromatic nitrogens is 2. The third-order valence-corrected chi connectivity index (χ3v) is 6.70. The second-order valence-electron chi connectivity index (χ2n) is 6.87. The first-order valence-corrected chi connectivity index (χ1v) is 11.7. The Morgan fingerprint density at radius 1 is 1.13 bits per heavy atom. The third-order valence-electron chi connectivity index (χ3n) is 4.88. The van der Waals surface area contributed by atoms with Crippen molar-refractivity contribution in [3.63, 3.8) is 0 Å². The van der Waals surface area contributed by atoms with Gasteiger partial charge in [0.2, 0.25) is 5.43 Å². The molecule has 3 aromatic rings. The highest BCUT2D eigenvalue weighted by atomic mass is 35.5. The quantitative estimate of drug-likeness (QED) is 0.582. The number of halogens is 2. The van der Waals surface area contributed by atoms with Crippen LogP contribution in [0.4, 0.5) is 0 Å². The summed E-state index contributed by atoms with van der Waals surface area (Å²) in [6.45, 7) is 3.81. The van der Waals surface area contributed by atoms with Crippen molar-refractivity contribution in [3.05, 3.63) is 68.2 Å². The smallest absolute Gasteiger partial charge is 0.341 e. The van der Waals surface area contributed by atoms with Crippen LogP contribution in [0, 0.1) is 6.92 Å². The van der Waals surface area contributed by atoms with Crippen LogP contribution in [-0.4, -0.2) is 35.3 Å². The number of sulfone groups is 1. The molecule has 2 heterocycles. The molecular weight excluding hydrogens is 463 g/mol. The van der Waals surface area contributed by atoms with Gasteiger partial charge in [-0.15, -0.1) is 0 Å². The zero-order valence-corrected chi connectivity index (χ0v) is 19.1. The minimum atomic E-state index is -3.58. The fourth-order valence-corrected chi connectivity index (χ4v) is 4.36. The molecule has 162 valence electrons. The molecule has 0 bridgehead atoms. The lowest BCUT2D eigenvalue weighted by molar-refractivity contribution is 0.0695. The van der Waals surface area contributed by atoms with Gasteiger partial charge < -0.3 is 9.67 Å². The zero-order chi connectivity index (χ0) is 23.1. The molecule has 0 radical (unpaired) electrons. The van der Waals surface area contributed by atoms with Gasteiger partial charge in [-0.2, -0.15) is 0 Å². The van der Waals surface area contributed by atoms with E-state index in [1.807, 2.05) is 0 Å². The monoisotopic (exact) mass is 480 g/mol. The van der Waals surface area contributed by atoms with Crippen LogP contribution in [-0.2, 0) is 16.4 Å². The van der Waals surface area contributed by atoms with Gasteiger partial charge in [-0.25, -0.2) is 13.2 Å². The van der Waals surface area contributed by atoms with Gasteiger partial charge in [-0.3, -0.25) is 9.78 Å². The van der Waals surface area contributed by atoms with E-state index in [0.29, 0.717) is 22.8 Å². The van der Waals surface area contributed by atoms with Gasteiger partial charge in [0, 0.05) is 42.0 Å². The van der Waals surface area contributed by atoms with Crippen LogP contribution < -0.4 is 5.43 Å². The Balaban J connectivity index is 2.45. The molecule has 3 rings (SSSR count). The predicted molar refractivity (Wildman–Crippen MR) is 120 cm³/mol. The van der Waals surface area contributed by atoms with E-state index in [0.717, 1.165) is 6.26 Å². The summed E-state index contributed by atoms with van der Waals surface area (Å²) in [7, 11) is -3.58. The van der Waals surface area contributed by atoms with Gasteiger partial charge in [-0.05, 0) is 32.0 Å². The maximum absolute atomic E-state index is 13.4. The van der Waals surface area contributed by atoms with E-state index in [2.05, 4.69) is 4.98 Å². The van der Waals surface area contributed by atoms with Crippen molar-refractivity contribution in [2.24, 2.45) is 0 Å². The lowest BCUT2D eigenvalue weighted by Crippen LogP contribution is -2.25. The molecule has 0 unspecified atom stereocenters. The number of benzene rings is 1. The van der Waals surface area contributed by atoms with Crippen LogP contribution in [0.25, 0.3) is 22.4 Å². The molecule has 1 aromatic carbocycles. The lowest BCUT2D eigenvalue weighted by Gasteiger charge is -2.21. The van der Waals surface area contributed by atoms with Crippen LogP contribution in [0.1, 0.15) is 23.0 Å². The second-order valence-corrected chi connectivity index (χ2v) is 9.70. The number of hydrogen-bond donors (Lipinski definition) is 1. The minimum absolute atomic E-state index is 0.0704. The molecule has 0 saturated carbocycles. The average Bonchev–Trinajstić information content (AvgIpc) is 2.69. The first-order chi connectivity index (χ1) is 14.5. The summed E-state index contributed by atoms with van der Waals surface area (Å²) < 4.78 is 25.6. The number of carboxylic acid groups (broad SMARTS) is 1. The number of hydrogen-bond acceptors (Lipinski definition) is 5. The fraction of sp³-hybridized carbons (Fsp3) is 0.190. The number of aromatic carboxylic acids is 1. The van der Waals surface area contributed by atoms with Crippen LogP contribution in [0.3, 0.4) is 0 Å². The average molecular weight is 481 g/mol. The summed E-state index contributed by atoms with van der Waals surface area (Å²) in [6, 6.07) is 5.93. The van der Waals surface area contributed by atoms with Gasteiger partial charge in [0.05, 0.1) is 26.2 Å². The van der Waals surface area contributed by atoms with Crippen molar-refractivity contribution in [1.29, 1.82) is 0 Å². The van der Waals surface area contributed by atoms with E-state index in [1.165, 1.54) is 30.6 Å². The van der Waals surface area contributed by atoms with Crippen molar-refractivity contribution in [3.8, 4) is 22.4 Å². The fourth-order valence-electron chi connectivity index (χ4n) is 3.47. The van der Waals surface area contributed by atoms with Crippen molar-refractivity contribution >= 4 is 39.0 Å². The van der Waals surface area contributed by atoms with E-state index >= 15 is 0 Å². The summed E-state index contributed by atoms with van der Waals surface area (Å²) in [5, 5.41) is 10.4. The maximum Gasteiger partial charge on any atom is 0.341 e. The van der Waals surface area contributed by atoms with E-state index in [1.54, 1.807) is 24.5 Å². The number of carboxylic acids is 1. The Morgan fingerprint density at radius 3 is 2.35 bits per heavy atom. The van der Waals surface area contributed by atoms with Crippen molar-refractivity contribution in [2.45, 2.75) is 25.3 Å². The Morgan fingerprint density at radius 2 is 1.81 bits per heavy atom. The number of nitrogens with zero attached hydrogens (tertiary/aromatic N) is 2. The highest BCUT2D eigenvalue weighted by Crippen LogP contribution is 2.33. The molecule has 10 heteroatoms. The Kier molecular flexibility index (Phi) is 6.27. The molecule has 0 aliphatic rings. The SMILES string of the molecule is CCn1c(C)c(-c2cncc(S(C)(=O)=O)c2)c(=O)c(C(=O)O)c1-c1ccc(Cl)c(Cl)c1. The van der Waals surface area contributed by atoms with Gasteiger partial charge in [-0.1, -0.05) is 29.3 Å². The highest BCUT2D eigenvalue weighted by molar-refractivity contribution is 7.90. The standard InChI is InChI=1S/C21H18Cl2N2O5S/c1-4-25-11(2)17(13-7-14(10-24-9-13)31(3,29)30)20(26)18(21(27)28)19(25)12-5-6-15(22)16(23)8-12/h5-10H,4H2,1-3H3,(H,27,28). The molecule has 0 aliphatic heterocycles. The second kappa shape index (κ2) is 8.45. The lowest BCUT2D eigenvalue weighted by atomic mass is 9.97. The Labute approximate surface area is 188 Å². The number of rotatable bonds is 5. The molecule has 2 aromatic heterocycles. The van der Waals surface area contributed by atoms with E-state index in [9.17, 15) is 23.1 Å². The van der Waals surface area contributed by atoms with Crippen LogP contribution in [0.5, 0.6) is 0 Å². The summed E-state index contributed by atoms with van der Waals surface area (Å²) in [6.07, 6.45) is 3.54. The van der Waals surface area contributed by atoms with Crippen molar-refractivity contribution in [1.82, 2.24) is 9.55 Å². The molecule has 0 saturated heterocycles. The van der Waals surface area contributed by atoms with Crippen LogP contribution in [0.2, 0.25) is 10.0 Å². The molecule has 31 heavy (non-hydrogen) atoms. The molecular formula is C21H18Cl2N2O5S. The number of pyridine rings is 2. The first-order valence-electron chi connectivity index (χ1n) is 9.09. The zero-order valence-electron chi connectivity index (χ0n) is 16.8. The summed E-state index contributed by atoms with van der Waals surface area (Å²) in [5.74, 6) is -1.42. The normalized spacial score (nSPS) is 11.5. The third kappa shape index (κ3) is 4.23. The van der Waals surface area contributed by atoms with Gasteiger partial charge in [0.1, 0.15) is 5.56 Å². The van der Waals surface area contributed by atoms with E-state index in [4.69, 9.17) is 23.2 Å². The molecule has 0 spiro atoms. The summed E-state index contributed by atoms with van der Waals surface area (Å²) >= 11 is 12.1. The largest absolute Gasteiger partial charge is 0.477 e. The Hall–Kier alpha value is -2.68. The maximum atomic E-state index is 13.4. The summed E-state index contributed by atoms with van der Waals surface area (Å²) in [5.41, 5.74) is 0.159. The van der Waals surface area contributed by atoms with Crippen molar-refractivity contribution < 1.29 is 18.3 Å². The van der Waals surface area contributed by atoms with Crippen molar-refractivity contribution in [2.75, 3.05) is 6.26 Å². The van der Waals surface area contributed by atoms with Crippen LogP contribution in [0.15, 0.2) is 46.3 Å². The van der Waals surface area contributed by atoms with Gasteiger partial charge in [0.15, 0.2) is 9.84 Å². The topological polar surface area (TPSA) is 106 Å². The van der Waals surface area contributed by atoms with E-state index < -0.39 is 26.8 Å². The molecule has 0 atom stereocenters. The highest BCUT2D eigenvalue weighted by Gasteiger charge is 2.26. The first kappa shape index (κ1) is 23.0. The predicted octanol–water partition coefficient (Wildman–Crippen LogP) is 4.31. The number of carbonyl (C=O) groups is 1. The Bertz CT molecular complexity index is 1380.